The van der Waals surface area contributed by atoms with E-state index < -0.39 is 0 Å². The van der Waals surface area contributed by atoms with Gasteiger partial charge in [0, 0.05) is 41.8 Å². The van der Waals surface area contributed by atoms with Crippen LogP contribution in [0.15, 0.2) is 84.9 Å². The predicted octanol–water partition coefficient (Wildman–Crippen LogP) is 5.31. The molecule has 0 unspecified atom stereocenters. The summed E-state index contributed by atoms with van der Waals surface area (Å²) in [5.74, 6) is -0.105. The number of anilines is 4. The Morgan fingerprint density at radius 1 is 0.677 bits per heavy atom. The minimum Gasteiger partial charge on any atom is -0.355 e. The van der Waals surface area contributed by atoms with Crippen LogP contribution in [0.4, 0.5) is 27.5 Å². The van der Waals surface area contributed by atoms with Crippen LogP contribution in [0.2, 0.25) is 0 Å². The summed E-state index contributed by atoms with van der Waals surface area (Å²) in [5, 5.41) is 9.26. The van der Waals surface area contributed by atoms with Crippen molar-refractivity contribution in [1.82, 2.24) is 4.90 Å². The van der Waals surface area contributed by atoms with Crippen molar-refractivity contribution in [2.45, 2.75) is 12.8 Å². The van der Waals surface area contributed by atoms with Gasteiger partial charge in [-0.1, -0.05) is 42.5 Å². The summed E-state index contributed by atoms with van der Waals surface area (Å²) >= 11 is 0. The van der Waals surface area contributed by atoms with Crippen molar-refractivity contribution in [3.63, 3.8) is 0 Å². The molecule has 0 aliphatic carbocycles. The molecule has 3 amide bonds. The van der Waals surface area contributed by atoms with Crippen molar-refractivity contribution in [2.24, 2.45) is 5.92 Å². The Hall–Kier alpha value is -3.80. The van der Waals surface area contributed by atoms with Gasteiger partial charge in [0.2, 0.25) is 5.91 Å². The van der Waals surface area contributed by atoms with Gasteiger partial charge in [0.1, 0.15) is 0 Å². The predicted molar refractivity (Wildman–Crippen MR) is 125 cm³/mol. The van der Waals surface area contributed by atoms with Crippen molar-refractivity contribution < 1.29 is 9.59 Å². The molecule has 1 aliphatic rings. The lowest BCUT2D eigenvalue weighted by molar-refractivity contribution is -0.121. The van der Waals surface area contributed by atoms with Crippen LogP contribution >= 0.6 is 0 Å². The molecule has 1 saturated heterocycles. The van der Waals surface area contributed by atoms with Crippen LogP contribution in [0.25, 0.3) is 0 Å². The summed E-state index contributed by atoms with van der Waals surface area (Å²) in [7, 11) is 0. The molecule has 4 rings (SSSR count). The molecule has 0 spiro atoms. The Balaban J connectivity index is 1.28. The van der Waals surface area contributed by atoms with Gasteiger partial charge in [0.05, 0.1) is 0 Å². The Morgan fingerprint density at radius 3 is 1.94 bits per heavy atom. The highest BCUT2D eigenvalue weighted by Crippen LogP contribution is 2.23. The highest BCUT2D eigenvalue weighted by Gasteiger charge is 2.27. The average molecular weight is 415 g/mol. The number of hydrogen-bond acceptors (Lipinski definition) is 3. The third-order valence-corrected chi connectivity index (χ3v) is 5.37. The van der Waals surface area contributed by atoms with Gasteiger partial charge >= 0.3 is 6.03 Å². The lowest BCUT2D eigenvalue weighted by atomic mass is 9.96. The Kier molecular flexibility index (Phi) is 6.47. The van der Waals surface area contributed by atoms with Gasteiger partial charge in [0.15, 0.2) is 0 Å². The number of para-hydroxylation sites is 2. The van der Waals surface area contributed by atoms with E-state index in [0.29, 0.717) is 25.9 Å². The molecular weight excluding hydrogens is 388 g/mol. The van der Waals surface area contributed by atoms with Crippen LogP contribution in [-0.2, 0) is 4.79 Å². The molecule has 0 saturated carbocycles. The van der Waals surface area contributed by atoms with Gasteiger partial charge in [-0.2, -0.15) is 0 Å². The van der Waals surface area contributed by atoms with Gasteiger partial charge in [-0.05, 0) is 55.3 Å². The first kappa shape index (κ1) is 20.5. The first-order valence-corrected chi connectivity index (χ1v) is 10.5. The van der Waals surface area contributed by atoms with E-state index in [1.54, 1.807) is 4.90 Å². The van der Waals surface area contributed by atoms with Gasteiger partial charge in [0.25, 0.3) is 0 Å². The van der Waals surface area contributed by atoms with E-state index in [1.165, 1.54) is 0 Å². The van der Waals surface area contributed by atoms with Gasteiger partial charge in [-0.25, -0.2) is 4.79 Å². The third-order valence-electron chi connectivity index (χ3n) is 5.37. The van der Waals surface area contributed by atoms with Crippen LogP contribution in [0.1, 0.15) is 12.8 Å². The molecule has 158 valence electrons. The molecule has 0 aromatic heterocycles. The quantitative estimate of drug-likeness (QED) is 0.529. The number of benzene rings is 3. The van der Waals surface area contributed by atoms with Crippen molar-refractivity contribution >= 4 is 34.7 Å². The molecule has 3 N–H and O–H groups in total. The maximum Gasteiger partial charge on any atom is 0.321 e. The molecular formula is C25H26N4O2. The number of rotatable bonds is 5. The minimum absolute atomic E-state index is 0.0000198. The fraction of sp³-hybridized carbons (Fsp3) is 0.200. The summed E-state index contributed by atoms with van der Waals surface area (Å²) < 4.78 is 0. The molecule has 3 aromatic rings. The molecule has 31 heavy (non-hydrogen) atoms. The van der Waals surface area contributed by atoms with E-state index >= 15 is 0 Å². The van der Waals surface area contributed by atoms with E-state index in [-0.39, 0.29) is 17.9 Å². The molecule has 3 aromatic carbocycles. The van der Waals surface area contributed by atoms with E-state index in [2.05, 4.69) is 16.0 Å². The number of nitrogens with zero attached hydrogens (tertiary/aromatic N) is 1. The second-order valence-electron chi connectivity index (χ2n) is 7.62. The molecule has 1 heterocycles. The standard InChI is InChI=1S/C25H26N4O2/c30-24(27-23-13-7-12-22(18-23)26-20-8-3-1-4-9-20)19-14-16-29(17-15-19)25(31)28-21-10-5-2-6-11-21/h1-13,18-19,26H,14-17H2,(H,27,30)(H,28,31). The molecule has 0 atom stereocenters. The Morgan fingerprint density at radius 2 is 1.26 bits per heavy atom. The minimum atomic E-state index is -0.121. The number of carbonyl (C=O) groups is 2. The normalized spacial score (nSPS) is 14.0. The van der Waals surface area contributed by atoms with Crippen LogP contribution in [0.5, 0.6) is 0 Å². The molecule has 6 nitrogen and oxygen atoms in total. The fourth-order valence-corrected chi connectivity index (χ4v) is 3.68. The molecule has 6 heteroatoms. The molecule has 1 aliphatic heterocycles. The maximum atomic E-state index is 12.8. The number of urea groups is 1. The van der Waals surface area contributed by atoms with Crippen LogP contribution in [0, 0.1) is 5.92 Å². The van der Waals surface area contributed by atoms with Crippen molar-refractivity contribution in [3.05, 3.63) is 84.9 Å². The second-order valence-corrected chi connectivity index (χ2v) is 7.62. The number of carbonyl (C=O) groups excluding carboxylic acids is 2. The second kappa shape index (κ2) is 9.80. The van der Waals surface area contributed by atoms with Crippen molar-refractivity contribution in [1.29, 1.82) is 0 Å². The molecule has 1 fully saturated rings. The average Bonchev–Trinajstić information content (AvgIpc) is 2.81. The third kappa shape index (κ3) is 5.63. The van der Waals surface area contributed by atoms with Crippen molar-refractivity contribution in [2.75, 3.05) is 29.0 Å². The highest BCUT2D eigenvalue weighted by molar-refractivity contribution is 5.94. The van der Waals surface area contributed by atoms with Gasteiger partial charge in [-0.3, -0.25) is 4.79 Å². The topological polar surface area (TPSA) is 73.5 Å². The van der Waals surface area contributed by atoms with E-state index in [0.717, 1.165) is 22.7 Å². The van der Waals surface area contributed by atoms with E-state index in [9.17, 15) is 9.59 Å². The summed E-state index contributed by atoms with van der Waals surface area (Å²) in [5.41, 5.74) is 3.44. The number of piperidine rings is 1. The number of amides is 3. The Bertz CT molecular complexity index is 1020. The molecule has 0 bridgehead atoms. The van der Waals surface area contributed by atoms with Crippen LogP contribution < -0.4 is 16.0 Å². The van der Waals surface area contributed by atoms with Gasteiger partial charge < -0.3 is 20.9 Å². The number of likely N-dealkylation sites (tertiary alicyclic amines) is 1. The monoisotopic (exact) mass is 414 g/mol. The SMILES string of the molecule is O=C(Nc1cccc(Nc2ccccc2)c1)C1CCN(C(=O)Nc2ccccc2)CC1. The fourth-order valence-electron chi connectivity index (χ4n) is 3.68. The van der Waals surface area contributed by atoms with Crippen molar-refractivity contribution in [3.8, 4) is 0 Å². The summed E-state index contributed by atoms with van der Waals surface area (Å²) in [6.07, 6.45) is 1.30. The summed E-state index contributed by atoms with van der Waals surface area (Å²) in [6, 6.07) is 26.9. The van der Waals surface area contributed by atoms with Crippen LogP contribution in [0.3, 0.4) is 0 Å². The zero-order valence-corrected chi connectivity index (χ0v) is 17.3. The van der Waals surface area contributed by atoms with E-state index in [4.69, 9.17) is 0 Å². The number of nitrogens with one attached hydrogen (secondary N) is 3. The maximum absolute atomic E-state index is 12.8. The first-order valence-electron chi connectivity index (χ1n) is 10.5. The zero-order chi connectivity index (χ0) is 21.5. The lowest BCUT2D eigenvalue weighted by Crippen LogP contribution is -2.43. The summed E-state index contributed by atoms with van der Waals surface area (Å²) in [4.78, 5) is 26.9. The first-order chi connectivity index (χ1) is 15.2. The Labute approximate surface area is 182 Å². The van der Waals surface area contributed by atoms with Crippen LogP contribution in [-0.4, -0.2) is 29.9 Å². The lowest BCUT2D eigenvalue weighted by Gasteiger charge is -2.31. The summed E-state index contributed by atoms with van der Waals surface area (Å²) in [6.45, 7) is 1.12. The van der Waals surface area contributed by atoms with E-state index in [1.807, 2.05) is 84.9 Å². The largest absolute Gasteiger partial charge is 0.355 e. The number of hydrogen-bond donors (Lipinski definition) is 3. The smallest absolute Gasteiger partial charge is 0.321 e. The molecule has 0 radical (unpaired) electrons. The highest BCUT2D eigenvalue weighted by atomic mass is 16.2. The van der Waals surface area contributed by atoms with Gasteiger partial charge in [-0.15, -0.1) is 0 Å². The zero-order valence-electron chi connectivity index (χ0n) is 17.3.